The molecule has 0 saturated carbocycles. The number of rotatable bonds is 3. The molecular weight excluding hydrogens is 244 g/mol. The Balaban J connectivity index is 1.97. The number of carbonyl (C=O) groups excluding carboxylic acids is 1. The third-order valence-electron chi connectivity index (χ3n) is 3.28. The number of nitrogens with one attached hydrogen (secondary N) is 2. The average Bonchev–Trinajstić information content (AvgIpc) is 3.00. The predicted molar refractivity (Wildman–Crippen MR) is 71.0 cm³/mol. The first-order chi connectivity index (χ1) is 8.88. The summed E-state index contributed by atoms with van der Waals surface area (Å²) in [6.45, 7) is 8.78. The van der Waals surface area contributed by atoms with Gasteiger partial charge in [0.05, 0.1) is 12.1 Å². The maximum Gasteiger partial charge on any atom is 0.291 e. The highest BCUT2D eigenvalue weighted by Crippen LogP contribution is 2.18. The van der Waals surface area contributed by atoms with Crippen LogP contribution in [0.3, 0.4) is 0 Å². The van der Waals surface area contributed by atoms with Gasteiger partial charge in [-0.2, -0.15) is 0 Å². The monoisotopic (exact) mass is 266 g/mol. The standard InChI is InChI=1S/C13H22N4O2/c1-8(9-6-5-7-19-9)14-11(18)10-15-12(17-16-10)13(2,3)4/h8-9H,5-7H2,1-4H3,(H,14,18)(H,15,16,17). The smallest absolute Gasteiger partial charge is 0.291 e. The Labute approximate surface area is 113 Å². The van der Waals surface area contributed by atoms with Gasteiger partial charge in [0, 0.05) is 12.0 Å². The van der Waals surface area contributed by atoms with E-state index in [0.717, 1.165) is 19.4 Å². The van der Waals surface area contributed by atoms with Crippen LogP contribution in [0.15, 0.2) is 0 Å². The number of hydrogen-bond acceptors (Lipinski definition) is 4. The van der Waals surface area contributed by atoms with Crippen molar-refractivity contribution in [3.05, 3.63) is 11.6 Å². The van der Waals surface area contributed by atoms with E-state index in [1.54, 1.807) is 0 Å². The molecule has 6 heteroatoms. The van der Waals surface area contributed by atoms with E-state index in [0.29, 0.717) is 5.82 Å². The number of nitrogens with zero attached hydrogens (tertiary/aromatic N) is 2. The normalized spacial score (nSPS) is 21.4. The number of aromatic nitrogens is 3. The number of amides is 1. The molecule has 0 radical (unpaired) electrons. The average molecular weight is 266 g/mol. The molecule has 0 bridgehead atoms. The van der Waals surface area contributed by atoms with Crippen LogP contribution in [0.5, 0.6) is 0 Å². The van der Waals surface area contributed by atoms with E-state index in [9.17, 15) is 4.79 Å². The van der Waals surface area contributed by atoms with Gasteiger partial charge < -0.3 is 10.1 Å². The molecule has 1 saturated heterocycles. The zero-order valence-corrected chi connectivity index (χ0v) is 12.0. The number of carbonyl (C=O) groups is 1. The van der Waals surface area contributed by atoms with Crippen molar-refractivity contribution in [2.45, 2.75) is 58.1 Å². The Morgan fingerprint density at radius 2 is 2.26 bits per heavy atom. The maximum atomic E-state index is 12.0. The number of H-pyrrole nitrogens is 1. The number of ether oxygens (including phenoxy) is 1. The maximum absolute atomic E-state index is 12.0. The molecule has 1 amide bonds. The molecule has 2 atom stereocenters. The summed E-state index contributed by atoms with van der Waals surface area (Å²) in [5, 5.41) is 9.68. The summed E-state index contributed by atoms with van der Waals surface area (Å²) in [7, 11) is 0. The van der Waals surface area contributed by atoms with Crippen molar-refractivity contribution in [1.82, 2.24) is 20.5 Å². The first-order valence-electron chi connectivity index (χ1n) is 6.73. The predicted octanol–water partition coefficient (Wildman–Crippen LogP) is 1.40. The van der Waals surface area contributed by atoms with Crippen LogP contribution in [-0.4, -0.2) is 39.8 Å². The highest BCUT2D eigenvalue weighted by molar-refractivity contribution is 5.90. The lowest BCUT2D eigenvalue weighted by Gasteiger charge is -2.19. The van der Waals surface area contributed by atoms with Crippen LogP contribution in [0.2, 0.25) is 0 Å². The van der Waals surface area contributed by atoms with Crippen molar-refractivity contribution >= 4 is 5.91 Å². The topological polar surface area (TPSA) is 79.9 Å². The van der Waals surface area contributed by atoms with Crippen LogP contribution in [0, 0.1) is 0 Å². The van der Waals surface area contributed by atoms with Gasteiger partial charge in [0.25, 0.3) is 5.91 Å². The molecule has 1 aromatic rings. The molecule has 1 fully saturated rings. The van der Waals surface area contributed by atoms with Crippen molar-refractivity contribution in [2.75, 3.05) is 6.61 Å². The molecule has 0 aromatic carbocycles. The minimum absolute atomic E-state index is 0.0217. The molecule has 2 rings (SSSR count). The SMILES string of the molecule is CC(NC(=O)c1n[nH]c(C(C)(C)C)n1)C1CCCO1. The Morgan fingerprint density at radius 3 is 2.79 bits per heavy atom. The molecule has 1 aromatic heterocycles. The van der Waals surface area contributed by atoms with Gasteiger partial charge in [-0.1, -0.05) is 20.8 Å². The summed E-state index contributed by atoms with van der Waals surface area (Å²) in [6.07, 6.45) is 2.15. The molecule has 6 nitrogen and oxygen atoms in total. The first-order valence-corrected chi connectivity index (χ1v) is 6.73. The van der Waals surface area contributed by atoms with Gasteiger partial charge in [-0.05, 0) is 19.8 Å². The van der Waals surface area contributed by atoms with Crippen LogP contribution in [0.4, 0.5) is 0 Å². The fraction of sp³-hybridized carbons (Fsp3) is 0.769. The van der Waals surface area contributed by atoms with E-state index in [4.69, 9.17) is 4.74 Å². The molecule has 1 aliphatic heterocycles. The summed E-state index contributed by atoms with van der Waals surface area (Å²) in [5.41, 5.74) is -0.147. The molecule has 2 unspecified atom stereocenters. The third-order valence-corrected chi connectivity index (χ3v) is 3.28. The van der Waals surface area contributed by atoms with E-state index in [2.05, 4.69) is 20.5 Å². The zero-order chi connectivity index (χ0) is 14.0. The second-order valence-electron chi connectivity index (χ2n) is 6.07. The van der Waals surface area contributed by atoms with Gasteiger partial charge in [-0.15, -0.1) is 5.10 Å². The highest BCUT2D eigenvalue weighted by atomic mass is 16.5. The molecule has 1 aliphatic rings. The lowest BCUT2D eigenvalue weighted by atomic mass is 9.96. The summed E-state index contributed by atoms with van der Waals surface area (Å²) < 4.78 is 5.55. The van der Waals surface area contributed by atoms with Crippen molar-refractivity contribution in [1.29, 1.82) is 0 Å². The molecule has 0 aliphatic carbocycles. The highest BCUT2D eigenvalue weighted by Gasteiger charge is 2.26. The minimum atomic E-state index is -0.255. The van der Waals surface area contributed by atoms with Crippen LogP contribution in [0.25, 0.3) is 0 Å². The molecule has 19 heavy (non-hydrogen) atoms. The number of hydrogen-bond donors (Lipinski definition) is 2. The van der Waals surface area contributed by atoms with Crippen molar-refractivity contribution in [3.8, 4) is 0 Å². The van der Waals surface area contributed by atoms with Crippen LogP contribution >= 0.6 is 0 Å². The minimum Gasteiger partial charge on any atom is -0.376 e. The van der Waals surface area contributed by atoms with Gasteiger partial charge >= 0.3 is 0 Å². The van der Waals surface area contributed by atoms with Crippen molar-refractivity contribution in [2.24, 2.45) is 0 Å². The number of aromatic amines is 1. The molecule has 106 valence electrons. The quantitative estimate of drug-likeness (QED) is 0.866. The van der Waals surface area contributed by atoms with Gasteiger partial charge in [0.2, 0.25) is 5.82 Å². The Kier molecular flexibility index (Phi) is 3.89. The zero-order valence-electron chi connectivity index (χ0n) is 12.0. The van der Waals surface area contributed by atoms with Crippen molar-refractivity contribution < 1.29 is 9.53 Å². The molecule has 2 N–H and O–H groups in total. The van der Waals surface area contributed by atoms with Crippen LogP contribution in [0.1, 0.15) is 57.0 Å². The lowest BCUT2D eigenvalue weighted by Crippen LogP contribution is -2.41. The largest absolute Gasteiger partial charge is 0.376 e. The Hall–Kier alpha value is -1.43. The fourth-order valence-electron chi connectivity index (χ4n) is 2.06. The van der Waals surface area contributed by atoms with Gasteiger partial charge in [0.1, 0.15) is 5.82 Å². The van der Waals surface area contributed by atoms with E-state index in [-0.39, 0.29) is 29.3 Å². The summed E-state index contributed by atoms with van der Waals surface area (Å²) >= 11 is 0. The van der Waals surface area contributed by atoms with Gasteiger partial charge in [-0.25, -0.2) is 4.98 Å². The molecule has 2 heterocycles. The van der Waals surface area contributed by atoms with Crippen LogP contribution in [-0.2, 0) is 10.2 Å². The second-order valence-corrected chi connectivity index (χ2v) is 6.07. The Bertz CT molecular complexity index is 444. The van der Waals surface area contributed by atoms with Crippen molar-refractivity contribution in [3.63, 3.8) is 0 Å². The van der Waals surface area contributed by atoms with Gasteiger partial charge in [-0.3, -0.25) is 9.89 Å². The van der Waals surface area contributed by atoms with E-state index >= 15 is 0 Å². The van der Waals surface area contributed by atoms with Gasteiger partial charge in [0.15, 0.2) is 0 Å². The first kappa shape index (κ1) is 14.0. The van der Waals surface area contributed by atoms with E-state index in [1.807, 2.05) is 27.7 Å². The van der Waals surface area contributed by atoms with E-state index in [1.165, 1.54) is 0 Å². The Morgan fingerprint density at radius 1 is 1.53 bits per heavy atom. The second kappa shape index (κ2) is 5.28. The summed E-state index contributed by atoms with van der Waals surface area (Å²) in [6, 6.07) is -0.0217. The summed E-state index contributed by atoms with van der Waals surface area (Å²) in [5.74, 6) is 0.645. The summed E-state index contributed by atoms with van der Waals surface area (Å²) in [4.78, 5) is 16.3. The molecular formula is C13H22N4O2. The fourth-order valence-corrected chi connectivity index (χ4v) is 2.06. The molecule has 0 spiro atoms. The van der Waals surface area contributed by atoms with Crippen LogP contribution < -0.4 is 5.32 Å². The lowest BCUT2D eigenvalue weighted by molar-refractivity contribution is 0.0706. The third kappa shape index (κ3) is 3.32. The van der Waals surface area contributed by atoms with E-state index < -0.39 is 0 Å².